The molecule has 0 saturated heterocycles. The Morgan fingerprint density at radius 2 is 1.78 bits per heavy atom. The summed E-state index contributed by atoms with van der Waals surface area (Å²) in [5.74, 6) is 0.654. The van der Waals surface area contributed by atoms with Gasteiger partial charge in [0.15, 0.2) is 0 Å². The van der Waals surface area contributed by atoms with E-state index < -0.39 is 5.60 Å². The molecule has 0 radical (unpaired) electrons. The van der Waals surface area contributed by atoms with E-state index >= 15 is 0 Å². The number of hydroxylamine groups is 2. The Morgan fingerprint density at radius 1 is 1.06 bits per heavy atom. The zero-order valence-electron chi connectivity index (χ0n) is 22.0. The van der Waals surface area contributed by atoms with Gasteiger partial charge in [0.05, 0.1) is 19.3 Å². The molecule has 2 amide bonds. The molecule has 8 heteroatoms. The number of H-pyrrole nitrogens is 1. The van der Waals surface area contributed by atoms with Gasteiger partial charge in [0.2, 0.25) is 6.41 Å². The molecule has 0 atom stereocenters. The number of hydrogen-bond acceptors (Lipinski definition) is 5. The Morgan fingerprint density at radius 3 is 2.44 bits per heavy atom. The Balaban J connectivity index is 1.36. The van der Waals surface area contributed by atoms with Gasteiger partial charge >= 0.3 is 0 Å². The van der Waals surface area contributed by atoms with Crippen molar-refractivity contribution in [1.82, 2.24) is 20.3 Å². The van der Waals surface area contributed by atoms with Gasteiger partial charge in [-0.2, -0.15) is 0 Å². The zero-order chi connectivity index (χ0) is 26.1. The average Bonchev–Trinajstić information content (AvgIpc) is 3.27. The first-order chi connectivity index (χ1) is 17.2. The third-order valence-electron chi connectivity index (χ3n) is 5.73. The second-order valence-corrected chi connectivity index (χ2v) is 10.00. The third kappa shape index (κ3) is 8.39. The van der Waals surface area contributed by atoms with Crippen LogP contribution in [0.15, 0.2) is 48.5 Å². The predicted molar refractivity (Wildman–Crippen MR) is 142 cm³/mol. The summed E-state index contributed by atoms with van der Waals surface area (Å²) in [4.78, 5) is 34.8. The number of aryl methyl sites for hydroxylation is 1. The molecule has 3 rings (SSSR count). The van der Waals surface area contributed by atoms with Crippen LogP contribution in [0.5, 0.6) is 5.75 Å². The monoisotopic (exact) mass is 494 g/mol. The van der Waals surface area contributed by atoms with Crippen molar-refractivity contribution in [2.75, 3.05) is 33.8 Å². The van der Waals surface area contributed by atoms with Crippen LogP contribution in [-0.4, -0.2) is 66.7 Å². The Labute approximate surface area is 213 Å². The van der Waals surface area contributed by atoms with Crippen molar-refractivity contribution in [3.8, 4) is 5.75 Å². The second-order valence-electron chi connectivity index (χ2n) is 10.00. The maximum atomic E-state index is 12.5. The van der Waals surface area contributed by atoms with E-state index in [1.165, 1.54) is 10.6 Å². The standard InChI is InChI=1S/C28H38N4O4/c1-28(2,3)36-32(20-33)19-22-10-8-21(9-11-22)7-6-15-31(4)16-14-29-27(34)26-18-23-17-24(35-5)12-13-25(23)30-26/h8-13,17-18,20,30H,6-7,14-16,19H2,1-5H3,(H,29,34). The zero-order valence-corrected chi connectivity index (χ0v) is 22.0. The van der Waals surface area contributed by atoms with Crippen LogP contribution in [-0.2, 0) is 22.6 Å². The van der Waals surface area contributed by atoms with Crippen molar-refractivity contribution in [2.45, 2.75) is 45.8 Å². The quantitative estimate of drug-likeness (QED) is 0.275. The second kappa shape index (κ2) is 12.6. The molecule has 36 heavy (non-hydrogen) atoms. The fourth-order valence-corrected chi connectivity index (χ4v) is 3.91. The smallest absolute Gasteiger partial charge is 0.267 e. The molecule has 0 spiro atoms. The Kier molecular flexibility index (Phi) is 9.50. The highest BCUT2D eigenvalue weighted by atomic mass is 16.7. The van der Waals surface area contributed by atoms with Gasteiger partial charge in [-0.15, -0.1) is 0 Å². The molecule has 0 aliphatic rings. The molecule has 0 bridgehead atoms. The van der Waals surface area contributed by atoms with Crippen LogP contribution in [0.3, 0.4) is 0 Å². The molecule has 3 aromatic rings. The van der Waals surface area contributed by atoms with Crippen LogP contribution < -0.4 is 10.1 Å². The summed E-state index contributed by atoms with van der Waals surface area (Å²) in [5.41, 5.74) is 3.32. The largest absolute Gasteiger partial charge is 0.497 e. The van der Waals surface area contributed by atoms with Crippen LogP contribution in [0.25, 0.3) is 10.9 Å². The number of aromatic nitrogens is 1. The molecule has 0 aliphatic heterocycles. The van der Waals surface area contributed by atoms with Gasteiger partial charge in [0.25, 0.3) is 5.91 Å². The lowest BCUT2D eigenvalue weighted by Crippen LogP contribution is -2.33. The Bertz CT molecular complexity index is 1130. The van der Waals surface area contributed by atoms with Gasteiger partial charge in [-0.25, -0.2) is 5.06 Å². The minimum atomic E-state index is -0.416. The maximum Gasteiger partial charge on any atom is 0.267 e. The molecule has 2 N–H and O–H groups in total. The van der Waals surface area contributed by atoms with Crippen molar-refractivity contribution in [2.24, 2.45) is 0 Å². The van der Waals surface area contributed by atoms with E-state index in [1.807, 2.05) is 57.2 Å². The van der Waals surface area contributed by atoms with Crippen molar-refractivity contribution in [3.63, 3.8) is 0 Å². The summed E-state index contributed by atoms with van der Waals surface area (Å²) in [6, 6.07) is 15.8. The lowest BCUT2D eigenvalue weighted by Gasteiger charge is -2.26. The van der Waals surface area contributed by atoms with Gasteiger partial charge in [-0.05, 0) is 82.6 Å². The highest BCUT2D eigenvalue weighted by Gasteiger charge is 2.16. The van der Waals surface area contributed by atoms with Gasteiger partial charge < -0.3 is 19.9 Å². The number of hydrogen-bond donors (Lipinski definition) is 2. The molecule has 1 heterocycles. The molecule has 2 aromatic carbocycles. The van der Waals surface area contributed by atoms with Crippen LogP contribution >= 0.6 is 0 Å². The minimum absolute atomic E-state index is 0.111. The first-order valence-electron chi connectivity index (χ1n) is 12.3. The van der Waals surface area contributed by atoms with E-state index in [-0.39, 0.29) is 5.91 Å². The molecule has 0 unspecified atom stereocenters. The summed E-state index contributed by atoms with van der Waals surface area (Å²) < 4.78 is 5.24. The third-order valence-corrected chi connectivity index (χ3v) is 5.73. The van der Waals surface area contributed by atoms with Crippen LogP contribution in [0.1, 0.15) is 48.8 Å². The maximum absolute atomic E-state index is 12.5. The van der Waals surface area contributed by atoms with Crippen molar-refractivity contribution in [3.05, 3.63) is 65.4 Å². The first-order valence-corrected chi connectivity index (χ1v) is 12.3. The number of benzene rings is 2. The molecule has 8 nitrogen and oxygen atoms in total. The summed E-state index contributed by atoms with van der Waals surface area (Å²) in [7, 11) is 3.69. The molecular formula is C28H38N4O4. The molecular weight excluding hydrogens is 456 g/mol. The van der Waals surface area contributed by atoms with Crippen molar-refractivity contribution in [1.29, 1.82) is 0 Å². The van der Waals surface area contributed by atoms with Gasteiger partial charge in [-0.1, -0.05) is 24.3 Å². The van der Waals surface area contributed by atoms with Gasteiger partial charge in [-0.3, -0.25) is 14.4 Å². The van der Waals surface area contributed by atoms with E-state index in [9.17, 15) is 9.59 Å². The number of likely N-dealkylation sites (N-methyl/N-ethyl adjacent to an activating group) is 1. The number of methoxy groups -OCH3 is 1. The van der Waals surface area contributed by atoms with Crippen molar-refractivity contribution < 1.29 is 19.2 Å². The highest BCUT2D eigenvalue weighted by molar-refractivity contribution is 5.98. The fourth-order valence-electron chi connectivity index (χ4n) is 3.91. The molecule has 0 saturated carbocycles. The Hall–Kier alpha value is -3.36. The lowest BCUT2D eigenvalue weighted by molar-refractivity contribution is -0.220. The van der Waals surface area contributed by atoms with Crippen molar-refractivity contribution >= 4 is 23.2 Å². The molecule has 194 valence electrons. The summed E-state index contributed by atoms with van der Waals surface area (Å²) >= 11 is 0. The number of amides is 2. The van der Waals surface area contributed by atoms with E-state index in [2.05, 4.69) is 34.4 Å². The number of carbonyl (C=O) groups excluding carboxylic acids is 2. The number of nitrogens with one attached hydrogen (secondary N) is 2. The molecule has 0 fully saturated rings. The van der Waals surface area contributed by atoms with E-state index in [4.69, 9.17) is 9.57 Å². The number of aromatic amines is 1. The topological polar surface area (TPSA) is 86.9 Å². The van der Waals surface area contributed by atoms with E-state index in [1.54, 1.807) is 7.11 Å². The molecule has 0 aliphatic carbocycles. The number of carbonyl (C=O) groups is 2. The number of fused-ring (bicyclic) bond motifs is 1. The summed E-state index contributed by atoms with van der Waals surface area (Å²) in [5, 5.41) is 5.27. The van der Waals surface area contributed by atoms with Crippen LogP contribution in [0, 0.1) is 0 Å². The van der Waals surface area contributed by atoms with E-state index in [0.717, 1.165) is 54.6 Å². The van der Waals surface area contributed by atoms with Gasteiger partial charge in [0, 0.05) is 24.0 Å². The van der Waals surface area contributed by atoms with Crippen LogP contribution in [0.4, 0.5) is 0 Å². The number of rotatable bonds is 13. The van der Waals surface area contributed by atoms with E-state index in [0.29, 0.717) is 18.8 Å². The fraction of sp³-hybridized carbons (Fsp3) is 0.429. The highest BCUT2D eigenvalue weighted by Crippen LogP contribution is 2.21. The summed E-state index contributed by atoms with van der Waals surface area (Å²) in [6.07, 6.45) is 2.70. The minimum Gasteiger partial charge on any atom is -0.497 e. The number of ether oxygens (including phenoxy) is 1. The SMILES string of the molecule is COc1ccc2[nH]c(C(=O)NCCN(C)CCCc3ccc(CN(C=O)OC(C)(C)C)cc3)cc2c1. The lowest BCUT2D eigenvalue weighted by atomic mass is 10.1. The normalized spacial score (nSPS) is 11.6. The predicted octanol–water partition coefficient (Wildman–Crippen LogP) is 4.16. The number of nitrogens with zero attached hydrogens (tertiary/aromatic N) is 2. The first kappa shape index (κ1) is 27.2. The van der Waals surface area contributed by atoms with Crippen LogP contribution in [0.2, 0.25) is 0 Å². The average molecular weight is 495 g/mol. The van der Waals surface area contributed by atoms with Gasteiger partial charge in [0.1, 0.15) is 11.4 Å². The molecule has 1 aromatic heterocycles. The summed E-state index contributed by atoms with van der Waals surface area (Å²) in [6.45, 7) is 8.45.